The van der Waals surface area contributed by atoms with Crippen molar-refractivity contribution in [3.63, 3.8) is 0 Å². The highest BCUT2D eigenvalue weighted by atomic mass is 32.2. The summed E-state index contributed by atoms with van der Waals surface area (Å²) in [4.78, 5) is 0.140. The van der Waals surface area contributed by atoms with Gasteiger partial charge in [0.15, 0.2) is 0 Å². The van der Waals surface area contributed by atoms with E-state index in [1.807, 2.05) is 6.92 Å². The van der Waals surface area contributed by atoms with Gasteiger partial charge in [0.1, 0.15) is 10.6 Å². The number of nitrogen functional groups attached to an aromatic ring is 1. The zero-order valence-electron chi connectivity index (χ0n) is 10.5. The first kappa shape index (κ1) is 13.4. The van der Waals surface area contributed by atoms with E-state index in [-0.39, 0.29) is 10.6 Å². The normalized spacial score (nSPS) is 11.2. The number of hydrogen-bond acceptors (Lipinski definition) is 4. The fraction of sp³-hybridized carbons (Fsp3) is 0.143. The summed E-state index contributed by atoms with van der Waals surface area (Å²) in [6, 6.07) is 12.9. The summed E-state index contributed by atoms with van der Waals surface area (Å²) >= 11 is 0. The quantitative estimate of drug-likeness (QED) is 0.689. The Morgan fingerprint density at radius 3 is 2.11 bits per heavy atom. The first-order valence-corrected chi connectivity index (χ1v) is 7.31. The van der Waals surface area contributed by atoms with Gasteiger partial charge in [-0.25, -0.2) is 0 Å². The summed E-state index contributed by atoms with van der Waals surface area (Å²) in [6.45, 7) is 2.01. The van der Waals surface area contributed by atoms with Gasteiger partial charge in [-0.15, -0.1) is 0 Å². The molecule has 0 atom stereocenters. The van der Waals surface area contributed by atoms with Crippen LogP contribution in [0.1, 0.15) is 12.5 Å². The minimum atomic E-state index is -3.79. The van der Waals surface area contributed by atoms with Crippen molar-refractivity contribution in [1.82, 2.24) is 0 Å². The maximum atomic E-state index is 12.0. The zero-order valence-corrected chi connectivity index (χ0v) is 11.4. The van der Waals surface area contributed by atoms with E-state index >= 15 is 0 Å². The number of hydrogen-bond donors (Lipinski definition) is 1. The third-order valence-corrected chi connectivity index (χ3v) is 3.97. The minimum Gasteiger partial charge on any atom is -0.399 e. The first-order chi connectivity index (χ1) is 9.01. The van der Waals surface area contributed by atoms with Crippen LogP contribution in [0.2, 0.25) is 0 Å². The topological polar surface area (TPSA) is 69.4 Å². The Bertz CT molecular complexity index is 646. The molecule has 2 N–H and O–H groups in total. The Kier molecular flexibility index (Phi) is 3.76. The van der Waals surface area contributed by atoms with Gasteiger partial charge in [-0.05, 0) is 48.4 Å². The van der Waals surface area contributed by atoms with Crippen molar-refractivity contribution in [2.75, 3.05) is 5.73 Å². The standard InChI is InChI=1S/C14H15NO3S/c1-2-11-3-9-14(10-4-11)19(16,17)18-13-7-5-12(15)6-8-13/h3-10H,2,15H2,1H3. The molecule has 0 saturated heterocycles. The maximum Gasteiger partial charge on any atom is 0.339 e. The maximum absolute atomic E-state index is 12.0. The number of benzene rings is 2. The molecule has 2 aromatic rings. The molecule has 0 aromatic heterocycles. The molecule has 2 aromatic carbocycles. The van der Waals surface area contributed by atoms with Crippen molar-refractivity contribution < 1.29 is 12.6 Å². The molecule has 0 saturated carbocycles. The molecule has 0 unspecified atom stereocenters. The van der Waals surface area contributed by atoms with E-state index in [1.54, 1.807) is 36.4 Å². The Labute approximate surface area is 113 Å². The van der Waals surface area contributed by atoms with Crippen LogP contribution in [0.25, 0.3) is 0 Å². The molecule has 5 heteroatoms. The molecule has 0 heterocycles. The van der Waals surface area contributed by atoms with Crippen LogP contribution in [0.3, 0.4) is 0 Å². The lowest BCUT2D eigenvalue weighted by Crippen LogP contribution is -2.09. The van der Waals surface area contributed by atoms with E-state index in [1.165, 1.54) is 12.1 Å². The number of rotatable bonds is 4. The molecule has 19 heavy (non-hydrogen) atoms. The van der Waals surface area contributed by atoms with Gasteiger partial charge in [0.2, 0.25) is 0 Å². The predicted octanol–water partition coefficient (Wildman–Crippen LogP) is 2.60. The van der Waals surface area contributed by atoms with Crippen LogP contribution in [0, 0.1) is 0 Å². The molecule has 2 rings (SSSR count). The second kappa shape index (κ2) is 5.32. The van der Waals surface area contributed by atoms with Crippen LogP contribution in [-0.4, -0.2) is 8.42 Å². The number of nitrogens with two attached hydrogens (primary N) is 1. The molecule has 0 aliphatic heterocycles. The van der Waals surface area contributed by atoms with Gasteiger partial charge >= 0.3 is 10.1 Å². The summed E-state index contributed by atoms with van der Waals surface area (Å²) < 4.78 is 29.1. The van der Waals surface area contributed by atoms with E-state index in [4.69, 9.17) is 9.92 Å². The number of aryl methyl sites for hydroxylation is 1. The van der Waals surface area contributed by atoms with Crippen molar-refractivity contribution in [1.29, 1.82) is 0 Å². The Balaban J connectivity index is 2.24. The van der Waals surface area contributed by atoms with Crippen molar-refractivity contribution in [3.05, 3.63) is 54.1 Å². The molecule has 0 spiro atoms. The summed E-state index contributed by atoms with van der Waals surface area (Å²) in [5.41, 5.74) is 7.16. The third kappa shape index (κ3) is 3.26. The predicted molar refractivity (Wildman–Crippen MR) is 74.5 cm³/mol. The number of anilines is 1. The highest BCUT2D eigenvalue weighted by Gasteiger charge is 2.16. The minimum absolute atomic E-state index is 0.140. The fourth-order valence-corrected chi connectivity index (χ4v) is 2.52. The van der Waals surface area contributed by atoms with Gasteiger partial charge < -0.3 is 9.92 Å². The summed E-state index contributed by atoms with van der Waals surface area (Å²) in [5.74, 6) is 0.244. The lowest BCUT2D eigenvalue weighted by atomic mass is 10.2. The lowest BCUT2D eigenvalue weighted by Gasteiger charge is -2.07. The van der Waals surface area contributed by atoms with Crippen LogP contribution < -0.4 is 9.92 Å². The van der Waals surface area contributed by atoms with Crippen molar-refractivity contribution >= 4 is 15.8 Å². The van der Waals surface area contributed by atoms with Crippen LogP contribution in [0.5, 0.6) is 5.75 Å². The second-order valence-corrected chi connectivity index (χ2v) is 5.65. The summed E-state index contributed by atoms with van der Waals surface area (Å²) in [7, 11) is -3.79. The summed E-state index contributed by atoms with van der Waals surface area (Å²) in [6.07, 6.45) is 0.860. The first-order valence-electron chi connectivity index (χ1n) is 5.90. The highest BCUT2D eigenvalue weighted by Crippen LogP contribution is 2.20. The SMILES string of the molecule is CCc1ccc(S(=O)(=O)Oc2ccc(N)cc2)cc1. The molecule has 0 aliphatic carbocycles. The summed E-state index contributed by atoms with van der Waals surface area (Å²) in [5, 5.41) is 0. The molecule has 0 radical (unpaired) electrons. The van der Waals surface area contributed by atoms with Gasteiger partial charge in [0.05, 0.1) is 0 Å². The van der Waals surface area contributed by atoms with Gasteiger partial charge in [-0.3, -0.25) is 0 Å². The molecule has 100 valence electrons. The van der Waals surface area contributed by atoms with E-state index in [0.29, 0.717) is 5.69 Å². The molecule has 4 nitrogen and oxygen atoms in total. The Hall–Kier alpha value is -2.01. The van der Waals surface area contributed by atoms with E-state index in [9.17, 15) is 8.42 Å². The average molecular weight is 277 g/mol. The van der Waals surface area contributed by atoms with Gasteiger partial charge in [0.25, 0.3) is 0 Å². The Morgan fingerprint density at radius 1 is 1.00 bits per heavy atom. The van der Waals surface area contributed by atoms with Crippen LogP contribution in [0.4, 0.5) is 5.69 Å². The largest absolute Gasteiger partial charge is 0.399 e. The average Bonchev–Trinajstić information content (AvgIpc) is 2.41. The monoisotopic (exact) mass is 277 g/mol. The highest BCUT2D eigenvalue weighted by molar-refractivity contribution is 7.87. The van der Waals surface area contributed by atoms with Crippen LogP contribution in [0.15, 0.2) is 53.4 Å². The van der Waals surface area contributed by atoms with Crippen LogP contribution in [-0.2, 0) is 16.5 Å². The van der Waals surface area contributed by atoms with Crippen molar-refractivity contribution in [3.8, 4) is 5.75 Å². The van der Waals surface area contributed by atoms with Gasteiger partial charge in [0, 0.05) is 5.69 Å². The van der Waals surface area contributed by atoms with Crippen molar-refractivity contribution in [2.45, 2.75) is 18.2 Å². The van der Waals surface area contributed by atoms with E-state index < -0.39 is 10.1 Å². The van der Waals surface area contributed by atoms with Crippen molar-refractivity contribution in [2.24, 2.45) is 0 Å². The molecular weight excluding hydrogens is 262 g/mol. The Morgan fingerprint density at radius 2 is 1.58 bits per heavy atom. The van der Waals surface area contributed by atoms with E-state index in [0.717, 1.165) is 12.0 Å². The molecule has 0 fully saturated rings. The fourth-order valence-electron chi connectivity index (χ4n) is 1.59. The lowest BCUT2D eigenvalue weighted by molar-refractivity contribution is 0.486. The zero-order chi connectivity index (χ0) is 13.9. The van der Waals surface area contributed by atoms with Gasteiger partial charge in [-0.1, -0.05) is 19.1 Å². The third-order valence-electron chi connectivity index (χ3n) is 2.71. The molecule has 0 bridgehead atoms. The molecular formula is C14H15NO3S. The van der Waals surface area contributed by atoms with E-state index in [2.05, 4.69) is 0 Å². The molecule has 0 aliphatic rings. The smallest absolute Gasteiger partial charge is 0.339 e. The second-order valence-electron chi connectivity index (χ2n) is 4.10. The van der Waals surface area contributed by atoms with Gasteiger partial charge in [-0.2, -0.15) is 8.42 Å². The molecule has 0 amide bonds. The van der Waals surface area contributed by atoms with Crippen LogP contribution >= 0.6 is 0 Å².